The van der Waals surface area contributed by atoms with Crippen molar-refractivity contribution < 1.29 is 28.5 Å². The molecule has 1 rings (SSSR count). The van der Waals surface area contributed by atoms with Crippen LogP contribution in [0.3, 0.4) is 0 Å². The first-order valence-corrected chi connectivity index (χ1v) is 6.26. The van der Waals surface area contributed by atoms with Crippen LogP contribution in [-0.4, -0.2) is 36.4 Å². The van der Waals surface area contributed by atoms with Crippen molar-refractivity contribution in [3.05, 3.63) is 35.9 Å². The van der Waals surface area contributed by atoms with Crippen LogP contribution in [0.5, 0.6) is 0 Å². The summed E-state index contributed by atoms with van der Waals surface area (Å²) in [6.07, 6.45) is 0. The van der Waals surface area contributed by atoms with E-state index >= 15 is 0 Å². The van der Waals surface area contributed by atoms with Crippen molar-refractivity contribution in [2.24, 2.45) is 0 Å². The summed E-state index contributed by atoms with van der Waals surface area (Å²) in [5.74, 6) is 1.36. The van der Waals surface area contributed by atoms with Gasteiger partial charge in [-0.3, -0.25) is 0 Å². The Morgan fingerprint density at radius 1 is 1.00 bits per heavy atom. The first-order valence-electron chi connectivity index (χ1n) is 5.19. The van der Waals surface area contributed by atoms with Gasteiger partial charge < -0.3 is 28.5 Å². The van der Waals surface area contributed by atoms with Crippen LogP contribution in [0.1, 0.15) is 5.56 Å². The van der Waals surface area contributed by atoms with Crippen LogP contribution in [0, 0.1) is 0 Å². The second-order valence-electron chi connectivity index (χ2n) is 4.09. The van der Waals surface area contributed by atoms with Gasteiger partial charge in [0.05, 0.1) is 31.9 Å². The van der Waals surface area contributed by atoms with Crippen LogP contribution in [0.4, 0.5) is 0 Å². The van der Waals surface area contributed by atoms with Crippen LogP contribution in [0.25, 0.3) is 0 Å². The van der Waals surface area contributed by atoms with Crippen molar-refractivity contribution >= 4 is 23.2 Å². The zero-order valence-corrected chi connectivity index (χ0v) is 13.2. The van der Waals surface area contributed by atoms with Gasteiger partial charge in [-0.05, 0) is 0 Å². The fraction of sp³-hybridized carbons (Fsp3) is 0.500. The highest BCUT2D eigenvalue weighted by Crippen LogP contribution is 2.12. The van der Waals surface area contributed by atoms with Gasteiger partial charge in [0.15, 0.2) is 0 Å². The van der Waals surface area contributed by atoms with E-state index in [2.05, 4.69) is 31.3 Å². The minimum atomic E-state index is 0. The fourth-order valence-electron chi connectivity index (χ4n) is 1.70. The standard InChI is InChI=1S/C12H18Cl2N.HI/c1-15(9-7-13,10-8-14)11-12-5-3-2-4-6-12;/h2-6H,7-11H2,1H3;1H/q+1;/p-1. The number of hydrogen-bond donors (Lipinski definition) is 0. The van der Waals surface area contributed by atoms with Crippen molar-refractivity contribution in [3.63, 3.8) is 0 Å². The average molecular weight is 374 g/mol. The van der Waals surface area contributed by atoms with Gasteiger partial charge in [0, 0.05) is 5.56 Å². The first-order chi connectivity index (χ1) is 7.20. The maximum absolute atomic E-state index is 5.83. The van der Waals surface area contributed by atoms with Gasteiger partial charge in [-0.2, -0.15) is 0 Å². The molecule has 0 atom stereocenters. The predicted octanol–water partition coefficient (Wildman–Crippen LogP) is 0.115. The highest BCUT2D eigenvalue weighted by Gasteiger charge is 2.20. The number of alkyl halides is 2. The number of rotatable bonds is 6. The molecule has 0 spiro atoms. The summed E-state index contributed by atoms with van der Waals surface area (Å²) < 4.78 is 0.914. The zero-order valence-electron chi connectivity index (χ0n) is 9.50. The van der Waals surface area contributed by atoms with Gasteiger partial charge in [-0.25, -0.2) is 0 Å². The fourth-order valence-corrected chi connectivity index (χ4v) is 2.52. The van der Waals surface area contributed by atoms with Gasteiger partial charge >= 0.3 is 0 Å². The predicted molar refractivity (Wildman–Crippen MR) is 67.5 cm³/mol. The molecule has 0 amide bonds. The molecule has 4 heteroatoms. The van der Waals surface area contributed by atoms with E-state index in [4.69, 9.17) is 23.2 Å². The quantitative estimate of drug-likeness (QED) is 0.377. The molecular weight excluding hydrogens is 356 g/mol. The van der Waals surface area contributed by atoms with Crippen LogP contribution in [-0.2, 0) is 6.54 Å². The summed E-state index contributed by atoms with van der Waals surface area (Å²) in [5.41, 5.74) is 1.34. The van der Waals surface area contributed by atoms with E-state index in [1.54, 1.807) is 0 Å². The molecule has 0 N–H and O–H groups in total. The van der Waals surface area contributed by atoms with Crippen molar-refractivity contribution in [2.45, 2.75) is 6.54 Å². The molecule has 0 bridgehead atoms. The van der Waals surface area contributed by atoms with E-state index in [1.165, 1.54) is 5.56 Å². The van der Waals surface area contributed by atoms with Crippen LogP contribution in [0.15, 0.2) is 30.3 Å². The third-order valence-electron chi connectivity index (χ3n) is 2.66. The van der Waals surface area contributed by atoms with E-state index < -0.39 is 0 Å². The van der Waals surface area contributed by atoms with Crippen LogP contribution < -0.4 is 24.0 Å². The lowest BCUT2D eigenvalue weighted by Gasteiger charge is -2.33. The average Bonchev–Trinajstić information content (AvgIpc) is 2.19. The summed E-state index contributed by atoms with van der Waals surface area (Å²) in [4.78, 5) is 0. The number of quaternary nitrogens is 1. The minimum absolute atomic E-state index is 0. The van der Waals surface area contributed by atoms with Crippen molar-refractivity contribution in [1.82, 2.24) is 0 Å². The van der Waals surface area contributed by atoms with E-state index in [-0.39, 0.29) is 24.0 Å². The summed E-state index contributed by atoms with van der Waals surface area (Å²) >= 11 is 11.7. The van der Waals surface area contributed by atoms with Crippen molar-refractivity contribution in [1.29, 1.82) is 0 Å². The Hall–Kier alpha value is 0.490. The maximum Gasteiger partial charge on any atom is 0.104 e. The molecule has 0 heterocycles. The highest BCUT2D eigenvalue weighted by molar-refractivity contribution is 6.18. The highest BCUT2D eigenvalue weighted by atomic mass is 127. The molecule has 1 aromatic carbocycles. The molecule has 0 fully saturated rings. The lowest BCUT2D eigenvalue weighted by Crippen LogP contribution is -3.00. The zero-order chi connectivity index (χ0) is 11.1. The molecule has 0 saturated heterocycles. The molecule has 0 unspecified atom stereocenters. The van der Waals surface area contributed by atoms with E-state index in [1.807, 2.05) is 6.07 Å². The third kappa shape index (κ3) is 5.71. The minimum Gasteiger partial charge on any atom is -1.00 e. The van der Waals surface area contributed by atoms with Crippen LogP contribution in [0.2, 0.25) is 0 Å². The topological polar surface area (TPSA) is 0 Å². The monoisotopic (exact) mass is 373 g/mol. The van der Waals surface area contributed by atoms with E-state index in [0.717, 1.165) is 24.1 Å². The second-order valence-corrected chi connectivity index (χ2v) is 4.84. The molecule has 16 heavy (non-hydrogen) atoms. The Labute approximate surface area is 125 Å². The van der Waals surface area contributed by atoms with Gasteiger partial charge in [-0.1, -0.05) is 30.3 Å². The maximum atomic E-state index is 5.83. The van der Waals surface area contributed by atoms with Gasteiger partial charge in [-0.15, -0.1) is 23.2 Å². The summed E-state index contributed by atoms with van der Waals surface area (Å²) in [7, 11) is 2.21. The number of hydrogen-bond acceptors (Lipinski definition) is 0. The molecule has 0 aromatic heterocycles. The van der Waals surface area contributed by atoms with E-state index in [0.29, 0.717) is 11.8 Å². The third-order valence-corrected chi connectivity index (χ3v) is 2.99. The summed E-state index contributed by atoms with van der Waals surface area (Å²) in [5, 5.41) is 0. The van der Waals surface area contributed by atoms with Crippen LogP contribution >= 0.6 is 23.2 Å². The van der Waals surface area contributed by atoms with Crippen molar-refractivity contribution in [3.8, 4) is 0 Å². The Morgan fingerprint density at radius 2 is 1.50 bits per heavy atom. The molecule has 92 valence electrons. The summed E-state index contributed by atoms with van der Waals surface area (Å²) in [6.45, 7) is 2.92. The molecular formula is C12H18Cl2IN. The largest absolute Gasteiger partial charge is 1.00 e. The Morgan fingerprint density at radius 3 is 1.94 bits per heavy atom. The Balaban J connectivity index is 0.00000225. The molecule has 0 aliphatic carbocycles. The van der Waals surface area contributed by atoms with Gasteiger partial charge in [0.1, 0.15) is 6.54 Å². The number of halogens is 3. The molecule has 0 radical (unpaired) electrons. The van der Waals surface area contributed by atoms with Gasteiger partial charge in [0.2, 0.25) is 0 Å². The summed E-state index contributed by atoms with van der Waals surface area (Å²) in [6, 6.07) is 10.5. The molecule has 0 aliphatic rings. The molecule has 0 saturated carbocycles. The second kappa shape index (κ2) is 8.56. The first kappa shape index (κ1) is 16.5. The van der Waals surface area contributed by atoms with Crippen molar-refractivity contribution in [2.75, 3.05) is 31.9 Å². The van der Waals surface area contributed by atoms with Gasteiger partial charge in [0.25, 0.3) is 0 Å². The number of benzene rings is 1. The lowest BCUT2D eigenvalue weighted by atomic mass is 10.2. The molecule has 1 aromatic rings. The van der Waals surface area contributed by atoms with E-state index in [9.17, 15) is 0 Å². The Bertz CT molecular complexity index is 274. The SMILES string of the molecule is C[N+](CCCl)(CCCl)Cc1ccccc1.[I-]. The normalized spacial score (nSPS) is 10.9. The number of nitrogens with zero attached hydrogens (tertiary/aromatic N) is 1. The molecule has 1 nitrogen and oxygen atoms in total. The lowest BCUT2D eigenvalue weighted by molar-refractivity contribution is -0.918. The molecule has 0 aliphatic heterocycles. The Kier molecular flexibility index (Phi) is 8.82. The smallest absolute Gasteiger partial charge is 0.104 e.